The lowest BCUT2D eigenvalue weighted by atomic mass is 10.3. The third-order valence-electron chi connectivity index (χ3n) is 3.87. The van der Waals surface area contributed by atoms with Crippen LogP contribution in [0.5, 0.6) is 0 Å². The first-order chi connectivity index (χ1) is 11.8. The van der Waals surface area contributed by atoms with Crippen molar-refractivity contribution in [3.63, 3.8) is 0 Å². The van der Waals surface area contributed by atoms with E-state index in [1.54, 1.807) is 0 Å². The zero-order chi connectivity index (χ0) is 16.4. The van der Waals surface area contributed by atoms with Crippen LogP contribution in [0.15, 0.2) is 84.9 Å². The molecular weight excluding hydrogens is 296 g/mol. The van der Waals surface area contributed by atoms with E-state index in [4.69, 9.17) is 4.98 Å². The Kier molecular flexibility index (Phi) is 3.56. The highest BCUT2D eigenvalue weighted by Crippen LogP contribution is 2.28. The maximum Gasteiger partial charge on any atom is 0.267 e. The van der Waals surface area contributed by atoms with Gasteiger partial charge in [-0.2, -0.15) is 0 Å². The number of H-pyrrole nitrogens is 1. The third kappa shape index (κ3) is 2.54. The Bertz CT molecular complexity index is 941. The average molecular weight is 313 g/mol. The molecule has 0 saturated carbocycles. The third-order valence-corrected chi connectivity index (χ3v) is 3.87. The summed E-state index contributed by atoms with van der Waals surface area (Å²) >= 11 is 0. The molecule has 116 valence electrons. The Morgan fingerprint density at radius 3 is 2.12 bits per heavy atom. The molecule has 3 aromatic carbocycles. The number of hydrazone groups is 1. The van der Waals surface area contributed by atoms with Crippen LogP contribution in [-0.2, 0) is 0 Å². The van der Waals surface area contributed by atoms with Crippen LogP contribution >= 0.6 is 0 Å². The monoisotopic (exact) mass is 313 g/mol. The number of hydrogen-bond acceptors (Lipinski definition) is 2. The SMILES string of the molecule is C=[N+](c1ccccc1)N(c1ccccc1)c1nc2ccccc2[nH]1. The fourth-order valence-corrected chi connectivity index (χ4v) is 2.70. The number of aromatic amines is 1. The molecule has 24 heavy (non-hydrogen) atoms. The van der Waals surface area contributed by atoms with Gasteiger partial charge < -0.3 is 4.98 Å². The van der Waals surface area contributed by atoms with E-state index in [2.05, 4.69) is 11.7 Å². The van der Waals surface area contributed by atoms with E-state index in [-0.39, 0.29) is 0 Å². The summed E-state index contributed by atoms with van der Waals surface area (Å²) in [6.07, 6.45) is 0. The fraction of sp³-hybridized carbons (Fsp3) is 0. The summed E-state index contributed by atoms with van der Waals surface area (Å²) in [5.41, 5.74) is 3.88. The first-order valence-corrected chi connectivity index (χ1v) is 7.78. The molecule has 1 N–H and O–H groups in total. The number of nitrogens with one attached hydrogen (secondary N) is 1. The molecular formula is C20H17N4+. The molecule has 0 unspecified atom stereocenters. The van der Waals surface area contributed by atoms with Crippen LogP contribution in [-0.4, -0.2) is 21.4 Å². The van der Waals surface area contributed by atoms with Crippen LogP contribution < -0.4 is 5.01 Å². The Labute approximate surface area is 140 Å². The Morgan fingerprint density at radius 2 is 1.42 bits per heavy atom. The van der Waals surface area contributed by atoms with Crippen molar-refractivity contribution in [3.8, 4) is 0 Å². The standard InChI is InChI=1S/C20H17N4/c1-23(16-10-4-2-5-11-16)24(17-12-6-3-7-13-17)20-21-18-14-8-9-15-19(18)22-20/h2-15H,1H2,(H,21,22)/q+1. The van der Waals surface area contributed by atoms with Gasteiger partial charge >= 0.3 is 0 Å². The van der Waals surface area contributed by atoms with Gasteiger partial charge in [-0.05, 0) is 24.3 Å². The minimum absolute atomic E-state index is 0.723. The quantitative estimate of drug-likeness (QED) is 0.338. The van der Waals surface area contributed by atoms with Crippen LogP contribution in [0.25, 0.3) is 11.0 Å². The maximum atomic E-state index is 4.72. The minimum Gasteiger partial charge on any atom is -0.319 e. The van der Waals surface area contributed by atoms with Crippen LogP contribution in [0.3, 0.4) is 0 Å². The fourth-order valence-electron chi connectivity index (χ4n) is 2.70. The Balaban J connectivity index is 1.86. The predicted octanol–water partition coefficient (Wildman–Crippen LogP) is 4.66. The van der Waals surface area contributed by atoms with E-state index < -0.39 is 0 Å². The van der Waals surface area contributed by atoms with Crippen molar-refractivity contribution in [2.45, 2.75) is 0 Å². The number of benzene rings is 3. The molecule has 4 nitrogen and oxygen atoms in total. The molecule has 0 aliphatic carbocycles. The molecule has 0 bridgehead atoms. The van der Waals surface area contributed by atoms with E-state index >= 15 is 0 Å². The molecule has 1 heterocycles. The summed E-state index contributed by atoms with van der Waals surface area (Å²) in [6, 6.07) is 28.1. The number of hydrogen-bond donors (Lipinski definition) is 1. The summed E-state index contributed by atoms with van der Waals surface area (Å²) in [7, 11) is 0. The molecule has 1 aromatic heterocycles. The lowest BCUT2D eigenvalue weighted by Crippen LogP contribution is -2.27. The zero-order valence-electron chi connectivity index (χ0n) is 13.1. The van der Waals surface area contributed by atoms with Gasteiger partial charge in [-0.1, -0.05) is 58.2 Å². The Morgan fingerprint density at radius 1 is 0.792 bits per heavy atom. The second kappa shape index (κ2) is 6.01. The lowest BCUT2D eigenvalue weighted by molar-refractivity contribution is -0.435. The van der Waals surface area contributed by atoms with E-state index in [1.807, 2.05) is 94.6 Å². The Hall–Kier alpha value is -3.40. The highest BCUT2D eigenvalue weighted by molar-refractivity contribution is 5.78. The van der Waals surface area contributed by atoms with Gasteiger partial charge in [-0.3, -0.25) is 0 Å². The summed E-state index contributed by atoms with van der Waals surface area (Å²) in [5, 5.41) is 1.97. The van der Waals surface area contributed by atoms with Gasteiger partial charge in [0.15, 0.2) is 6.72 Å². The van der Waals surface area contributed by atoms with Gasteiger partial charge in [0.1, 0.15) is 5.69 Å². The van der Waals surface area contributed by atoms with Crippen LogP contribution in [0.4, 0.5) is 17.3 Å². The van der Waals surface area contributed by atoms with E-state index in [0.29, 0.717) is 0 Å². The predicted molar refractivity (Wildman–Crippen MR) is 98.2 cm³/mol. The largest absolute Gasteiger partial charge is 0.319 e. The van der Waals surface area contributed by atoms with Gasteiger partial charge in [-0.25, -0.2) is 4.98 Å². The second-order valence-corrected chi connectivity index (χ2v) is 5.46. The molecule has 0 saturated heterocycles. The molecule has 0 radical (unpaired) electrons. The molecule has 0 aliphatic heterocycles. The maximum absolute atomic E-state index is 4.72. The van der Waals surface area contributed by atoms with Crippen LogP contribution in [0.1, 0.15) is 0 Å². The average Bonchev–Trinajstić information content (AvgIpc) is 3.07. The second-order valence-electron chi connectivity index (χ2n) is 5.46. The van der Waals surface area contributed by atoms with Gasteiger partial charge in [0, 0.05) is 12.1 Å². The number of rotatable bonds is 4. The van der Waals surface area contributed by atoms with E-state index in [1.165, 1.54) is 0 Å². The topological polar surface area (TPSA) is 34.9 Å². The highest BCUT2D eigenvalue weighted by Gasteiger charge is 2.24. The van der Waals surface area contributed by atoms with Crippen molar-refractivity contribution in [2.24, 2.45) is 0 Å². The molecule has 0 fully saturated rings. The molecule has 0 amide bonds. The summed E-state index contributed by atoms with van der Waals surface area (Å²) < 4.78 is 1.84. The number of para-hydroxylation sites is 4. The zero-order valence-corrected chi connectivity index (χ0v) is 13.1. The molecule has 0 spiro atoms. The van der Waals surface area contributed by atoms with Gasteiger partial charge in [0.05, 0.1) is 11.0 Å². The molecule has 0 aliphatic rings. The number of anilines is 2. The smallest absolute Gasteiger partial charge is 0.267 e. The van der Waals surface area contributed by atoms with Crippen molar-refractivity contribution in [1.82, 2.24) is 9.97 Å². The highest BCUT2D eigenvalue weighted by atomic mass is 15.6. The van der Waals surface area contributed by atoms with E-state index in [9.17, 15) is 0 Å². The van der Waals surface area contributed by atoms with Crippen LogP contribution in [0.2, 0.25) is 0 Å². The van der Waals surface area contributed by atoms with Crippen molar-refractivity contribution in [2.75, 3.05) is 5.01 Å². The number of nitrogens with zero attached hydrogens (tertiary/aromatic N) is 3. The van der Waals surface area contributed by atoms with E-state index in [0.717, 1.165) is 28.4 Å². The van der Waals surface area contributed by atoms with Crippen molar-refractivity contribution in [3.05, 3.63) is 84.9 Å². The summed E-state index contributed by atoms with van der Waals surface area (Å²) in [6.45, 7) is 4.23. The van der Waals surface area contributed by atoms with Gasteiger partial charge in [0.2, 0.25) is 5.69 Å². The van der Waals surface area contributed by atoms with Crippen molar-refractivity contribution in [1.29, 1.82) is 0 Å². The number of imidazole rings is 1. The summed E-state index contributed by atoms with van der Waals surface area (Å²) in [4.78, 5) is 8.10. The number of aromatic nitrogens is 2. The van der Waals surface area contributed by atoms with Gasteiger partial charge in [-0.15, -0.1) is 0 Å². The van der Waals surface area contributed by atoms with Crippen molar-refractivity contribution < 1.29 is 4.68 Å². The molecule has 4 aromatic rings. The first kappa shape index (κ1) is 14.2. The molecule has 0 atom stereocenters. The van der Waals surface area contributed by atoms with Gasteiger partial charge in [0.25, 0.3) is 5.95 Å². The number of hydrazine groups is 1. The molecule has 4 heteroatoms. The number of fused-ring (bicyclic) bond motifs is 1. The normalized spacial score (nSPS) is 10.7. The first-order valence-electron chi connectivity index (χ1n) is 7.78. The molecule has 4 rings (SSSR count). The van der Waals surface area contributed by atoms with Crippen LogP contribution in [0, 0.1) is 0 Å². The minimum atomic E-state index is 0.723. The lowest BCUT2D eigenvalue weighted by Gasteiger charge is -2.16. The van der Waals surface area contributed by atoms with Crippen molar-refractivity contribution >= 4 is 35.1 Å². The summed E-state index contributed by atoms with van der Waals surface area (Å²) in [5.74, 6) is 0.723.